The molecule has 0 fully saturated rings. The summed E-state index contributed by atoms with van der Waals surface area (Å²) < 4.78 is 8.81. The van der Waals surface area contributed by atoms with Gasteiger partial charge in [0.05, 0.1) is 0 Å². The Labute approximate surface area is 30.5 Å². The highest BCUT2D eigenvalue weighted by atomic mass is 31.1. The lowest BCUT2D eigenvalue weighted by Gasteiger charge is -1.59. The molecule has 5 heteroatoms. The molecule has 0 bridgehead atoms. The van der Waals surface area contributed by atoms with Gasteiger partial charge in [0.2, 0.25) is 0 Å². The fourth-order valence-electron chi connectivity index (χ4n) is 0. The molecule has 4 nitrogen and oxygen atoms in total. The van der Waals surface area contributed by atoms with Gasteiger partial charge in [-0.2, -0.15) is 0 Å². The van der Waals surface area contributed by atoms with E-state index in [1.807, 2.05) is 0 Å². The molecule has 0 aliphatic carbocycles. The maximum atomic E-state index is 8.81. The first-order valence-electron chi connectivity index (χ1n) is 0.623. The van der Waals surface area contributed by atoms with Gasteiger partial charge in [0.1, 0.15) is 0 Å². The minimum atomic E-state index is -2.62. The van der Waals surface area contributed by atoms with Crippen LogP contribution in [0.5, 0.6) is 0 Å². The van der Waals surface area contributed by atoms with E-state index in [1.54, 1.807) is 0 Å². The van der Waals surface area contributed by atoms with Gasteiger partial charge in [0.15, 0.2) is 0 Å². The summed E-state index contributed by atoms with van der Waals surface area (Å²) in [5, 5.41) is 0. The molecule has 32 valence electrons. The Kier molecular flexibility index (Phi) is 7.07. The van der Waals surface area contributed by atoms with Crippen LogP contribution in [0, 0.1) is 0 Å². The van der Waals surface area contributed by atoms with E-state index in [9.17, 15) is 0 Å². The Balaban J connectivity index is 0. The van der Waals surface area contributed by atoms with Crippen molar-refractivity contribution >= 4 is 8.18 Å². The van der Waals surface area contributed by atoms with Gasteiger partial charge in [0, 0.05) is 0 Å². The van der Waals surface area contributed by atoms with Gasteiger partial charge in [-0.15, -0.1) is 5.50 Å². The van der Waals surface area contributed by atoms with Crippen molar-refractivity contribution in [2.75, 3.05) is 0 Å². The first-order valence-corrected chi connectivity index (χ1v) is 1.87. The highest BCUT2D eigenvalue weighted by Crippen LogP contribution is 1.81. The van der Waals surface area contributed by atoms with Crippen LogP contribution in [0.15, 0.2) is 0 Å². The third-order valence-corrected chi connectivity index (χ3v) is 0. The monoisotopic (exact) mass is 96.0 g/mol. The third kappa shape index (κ3) is 39000. The quantitative estimate of drug-likeness (QED) is 0.382. The summed E-state index contributed by atoms with van der Waals surface area (Å²) in [4.78, 5) is 8.81. The summed E-state index contributed by atoms with van der Waals surface area (Å²) in [6.07, 6.45) is 0. The second kappa shape index (κ2) is 3.98. The average molecular weight is 96.0 g/mol. The van der Waals surface area contributed by atoms with Crippen molar-refractivity contribution in [1.82, 2.24) is 6.15 Å². The van der Waals surface area contributed by atoms with Crippen molar-refractivity contribution in [3.8, 4) is 0 Å². The van der Waals surface area contributed by atoms with Crippen molar-refractivity contribution in [3.05, 3.63) is 0 Å². The SMILES string of the molecule is N.N[P+](=O)[O-]. The van der Waals surface area contributed by atoms with E-state index in [-0.39, 0.29) is 6.15 Å². The first kappa shape index (κ1) is 8.88. The van der Waals surface area contributed by atoms with E-state index in [1.165, 1.54) is 0 Å². The van der Waals surface area contributed by atoms with Gasteiger partial charge in [-0.05, 0) is 0 Å². The van der Waals surface area contributed by atoms with E-state index in [0.717, 1.165) is 0 Å². The standard InChI is InChI=1S/H2NO2P.H3N/c1-4(2)3;/h(H2,1,2,3);1H3. The predicted molar refractivity (Wildman–Crippen MR) is 16.8 cm³/mol. The molecule has 0 aromatic heterocycles. The molecule has 5 N–H and O–H groups in total. The summed E-state index contributed by atoms with van der Waals surface area (Å²) >= 11 is 0. The largest absolute Gasteiger partial charge is 0.578 e. The summed E-state index contributed by atoms with van der Waals surface area (Å²) in [5.74, 6) is 0. The zero-order valence-electron chi connectivity index (χ0n) is 2.55. The predicted octanol–water partition coefficient (Wildman–Crippen LogP) is -0.875. The molecule has 1 atom stereocenters. The van der Waals surface area contributed by atoms with Gasteiger partial charge in [-0.1, -0.05) is 4.57 Å². The van der Waals surface area contributed by atoms with Crippen LogP contribution in [0.2, 0.25) is 0 Å². The van der Waals surface area contributed by atoms with Crippen LogP contribution in [0.1, 0.15) is 0 Å². The Bertz CT molecular complexity index is 30.6. The second-order valence-electron chi connectivity index (χ2n) is 0.285. The number of hydrogen-bond acceptors (Lipinski definition) is 3. The Hall–Kier alpha value is -0.0200. The summed E-state index contributed by atoms with van der Waals surface area (Å²) in [5.41, 5.74) is 4.06. The van der Waals surface area contributed by atoms with E-state index < -0.39 is 8.18 Å². The number of nitrogens with two attached hydrogens (primary N) is 1. The summed E-state index contributed by atoms with van der Waals surface area (Å²) in [6.45, 7) is 0. The lowest BCUT2D eigenvalue weighted by Crippen LogP contribution is -1.91. The van der Waals surface area contributed by atoms with Gasteiger partial charge in [-0.25, -0.2) is 0 Å². The van der Waals surface area contributed by atoms with Crippen LogP contribution >= 0.6 is 8.18 Å². The topological polar surface area (TPSA) is 101 Å². The van der Waals surface area contributed by atoms with E-state index >= 15 is 0 Å². The number of hydrogen-bond donors (Lipinski definition) is 2. The van der Waals surface area contributed by atoms with Gasteiger partial charge < -0.3 is 11.0 Å². The minimum Gasteiger partial charge on any atom is -0.578 e. The molecular weight excluding hydrogens is 91.0 g/mol. The summed E-state index contributed by atoms with van der Waals surface area (Å²) in [6, 6.07) is 0. The zero-order chi connectivity index (χ0) is 3.58. The van der Waals surface area contributed by atoms with E-state index in [0.29, 0.717) is 0 Å². The fraction of sp³-hybridized carbons (Fsp3) is 0. The molecule has 0 radical (unpaired) electrons. The lowest BCUT2D eigenvalue weighted by atomic mass is 13.9. The van der Waals surface area contributed by atoms with Crippen LogP contribution < -0.4 is 16.5 Å². The Morgan fingerprint density at radius 2 is 1.80 bits per heavy atom. The number of rotatable bonds is 0. The zero-order valence-corrected chi connectivity index (χ0v) is 3.44. The third-order valence-electron chi connectivity index (χ3n) is 0. The Morgan fingerprint density at radius 1 is 1.80 bits per heavy atom. The molecular formula is H5N2O2P. The fourth-order valence-corrected chi connectivity index (χ4v) is 0. The lowest BCUT2D eigenvalue weighted by molar-refractivity contribution is -0.164. The van der Waals surface area contributed by atoms with E-state index in [4.69, 9.17) is 9.46 Å². The van der Waals surface area contributed by atoms with Crippen molar-refractivity contribution in [1.29, 1.82) is 0 Å². The van der Waals surface area contributed by atoms with Crippen molar-refractivity contribution in [2.24, 2.45) is 5.50 Å². The molecule has 0 saturated carbocycles. The molecule has 0 spiro atoms. The molecule has 0 aliphatic heterocycles. The molecule has 0 saturated heterocycles. The van der Waals surface area contributed by atoms with Crippen LogP contribution in [-0.2, 0) is 4.57 Å². The first-order chi connectivity index (χ1) is 1.73. The van der Waals surface area contributed by atoms with Crippen LogP contribution in [0.4, 0.5) is 0 Å². The second-order valence-corrected chi connectivity index (χ2v) is 0.856. The maximum absolute atomic E-state index is 8.81. The summed E-state index contributed by atoms with van der Waals surface area (Å²) in [7, 11) is -2.62. The smallest absolute Gasteiger partial charge is 0.405 e. The van der Waals surface area contributed by atoms with E-state index in [2.05, 4.69) is 5.50 Å². The Morgan fingerprint density at radius 3 is 1.80 bits per heavy atom. The van der Waals surface area contributed by atoms with Crippen LogP contribution in [0.25, 0.3) is 0 Å². The molecule has 0 aliphatic rings. The van der Waals surface area contributed by atoms with Gasteiger partial charge in [-0.3, -0.25) is 0 Å². The molecule has 0 amide bonds. The van der Waals surface area contributed by atoms with Gasteiger partial charge >= 0.3 is 8.18 Å². The molecule has 0 heterocycles. The molecule has 0 aromatic carbocycles. The average Bonchev–Trinajstić information content (AvgIpc) is 0.811. The van der Waals surface area contributed by atoms with Crippen LogP contribution in [-0.4, -0.2) is 0 Å². The highest BCUT2D eigenvalue weighted by Gasteiger charge is 1.69. The van der Waals surface area contributed by atoms with Crippen molar-refractivity contribution < 1.29 is 9.46 Å². The molecule has 1 unspecified atom stereocenters. The van der Waals surface area contributed by atoms with Gasteiger partial charge in [0.25, 0.3) is 0 Å². The molecule has 0 rings (SSSR count). The maximum Gasteiger partial charge on any atom is 0.405 e. The molecule has 0 aromatic rings. The normalized spacial score (nSPS) is 8.80. The van der Waals surface area contributed by atoms with Crippen molar-refractivity contribution in [3.63, 3.8) is 0 Å². The minimum absolute atomic E-state index is 0. The van der Waals surface area contributed by atoms with Crippen molar-refractivity contribution in [2.45, 2.75) is 0 Å². The molecule has 5 heavy (non-hydrogen) atoms. The van der Waals surface area contributed by atoms with Crippen LogP contribution in [0.3, 0.4) is 0 Å². The highest BCUT2D eigenvalue weighted by molar-refractivity contribution is 7.33.